The van der Waals surface area contributed by atoms with Crippen LogP contribution in [-0.4, -0.2) is 41.1 Å². The number of para-hydroxylation sites is 2. The molecule has 0 aliphatic rings. The van der Waals surface area contributed by atoms with Crippen molar-refractivity contribution < 1.29 is 36.2 Å². The number of ether oxygens (including phenoxy) is 2. The minimum atomic E-state index is -4.55. The number of anilines is 1. The topological polar surface area (TPSA) is 127 Å². The van der Waals surface area contributed by atoms with Gasteiger partial charge in [-0.2, -0.15) is 12.1 Å². The first-order valence-electron chi connectivity index (χ1n) is 10.8. The Morgan fingerprint density at radius 2 is 1.41 bits per heavy atom. The molecular formula is C25H21NO8S3. The molecule has 4 aromatic rings. The van der Waals surface area contributed by atoms with Crippen molar-refractivity contribution in [1.29, 1.82) is 0 Å². The van der Waals surface area contributed by atoms with E-state index in [0.717, 1.165) is 11.3 Å². The van der Waals surface area contributed by atoms with Gasteiger partial charge >= 0.3 is 5.97 Å². The van der Waals surface area contributed by atoms with Crippen molar-refractivity contribution >= 4 is 43.0 Å². The van der Waals surface area contributed by atoms with Gasteiger partial charge in [-0.05, 0) is 60.0 Å². The second-order valence-electron chi connectivity index (χ2n) is 7.45. The first-order chi connectivity index (χ1) is 17.7. The Bertz CT molecular complexity index is 1570. The van der Waals surface area contributed by atoms with Gasteiger partial charge in [0.15, 0.2) is 0 Å². The highest BCUT2D eigenvalue weighted by Crippen LogP contribution is 2.38. The molecule has 0 fully saturated rings. The molecule has 12 heteroatoms. The summed E-state index contributed by atoms with van der Waals surface area (Å²) in [6.45, 7) is -0.0141. The molecule has 1 heterocycles. The average Bonchev–Trinajstić information content (AvgIpc) is 3.44. The average molecular weight is 560 g/mol. The van der Waals surface area contributed by atoms with Crippen LogP contribution in [-0.2, 0) is 20.0 Å². The lowest BCUT2D eigenvalue weighted by atomic mass is 10.2. The van der Waals surface area contributed by atoms with Crippen molar-refractivity contribution in [3.63, 3.8) is 0 Å². The zero-order valence-electron chi connectivity index (χ0n) is 19.1. The van der Waals surface area contributed by atoms with Gasteiger partial charge in [0.25, 0.3) is 20.0 Å². The maximum absolute atomic E-state index is 13.6. The van der Waals surface area contributed by atoms with Crippen LogP contribution >= 0.6 is 11.3 Å². The van der Waals surface area contributed by atoms with E-state index in [-0.39, 0.29) is 39.3 Å². The van der Waals surface area contributed by atoms with E-state index < -0.39 is 26.0 Å². The third kappa shape index (κ3) is 5.77. The highest BCUT2D eigenvalue weighted by atomic mass is 32.3. The molecule has 0 saturated heterocycles. The smallest absolute Gasteiger partial charge is 0.335 e. The van der Waals surface area contributed by atoms with E-state index in [9.17, 15) is 21.6 Å². The summed E-state index contributed by atoms with van der Waals surface area (Å²) in [4.78, 5) is 10.8. The summed E-state index contributed by atoms with van der Waals surface area (Å²) in [5, 5.41) is 10.5. The Morgan fingerprint density at radius 1 is 0.757 bits per heavy atom. The molecule has 37 heavy (non-hydrogen) atoms. The van der Waals surface area contributed by atoms with Crippen LogP contribution < -0.4 is 13.2 Å². The highest BCUT2D eigenvalue weighted by molar-refractivity contribution is 8.11. The van der Waals surface area contributed by atoms with E-state index in [4.69, 9.17) is 14.6 Å². The van der Waals surface area contributed by atoms with Gasteiger partial charge in [-0.15, -0.1) is 11.3 Å². The Hall–Kier alpha value is -3.87. The number of carboxylic acids is 1. The number of nitrogens with zero attached hydrogens (tertiary/aromatic N) is 1. The van der Waals surface area contributed by atoms with Gasteiger partial charge in [-0.1, -0.05) is 36.4 Å². The Morgan fingerprint density at radius 3 is 2.05 bits per heavy atom. The van der Waals surface area contributed by atoms with E-state index in [1.807, 2.05) is 0 Å². The normalized spacial score (nSPS) is 11.6. The van der Waals surface area contributed by atoms with Crippen molar-refractivity contribution in [2.24, 2.45) is 0 Å². The van der Waals surface area contributed by atoms with Crippen LogP contribution in [0.2, 0.25) is 0 Å². The lowest BCUT2D eigenvalue weighted by Crippen LogP contribution is -2.37. The Balaban J connectivity index is 1.62. The van der Waals surface area contributed by atoms with Gasteiger partial charge in [-0.25, -0.2) is 13.2 Å². The molecule has 0 amide bonds. The quantitative estimate of drug-likeness (QED) is 0.266. The van der Waals surface area contributed by atoms with Crippen LogP contribution in [0, 0.1) is 0 Å². The van der Waals surface area contributed by atoms with E-state index in [2.05, 4.69) is 0 Å². The molecule has 1 N–H and O–H groups in total. The van der Waals surface area contributed by atoms with Gasteiger partial charge in [0.05, 0.1) is 10.5 Å². The number of hydrogen-bond donors (Lipinski definition) is 1. The molecule has 192 valence electrons. The largest absolute Gasteiger partial charge is 0.490 e. The molecule has 0 saturated carbocycles. The number of rotatable bonds is 11. The fourth-order valence-electron chi connectivity index (χ4n) is 3.30. The summed E-state index contributed by atoms with van der Waals surface area (Å²) < 4.78 is 66.0. The van der Waals surface area contributed by atoms with Gasteiger partial charge in [-0.3, -0.25) is 0 Å². The summed E-state index contributed by atoms with van der Waals surface area (Å²) in [6.07, 6.45) is 0. The molecular weight excluding hydrogens is 538 g/mol. The molecule has 9 nitrogen and oxygen atoms in total. The van der Waals surface area contributed by atoms with Crippen molar-refractivity contribution in [1.82, 2.24) is 0 Å². The zero-order chi connectivity index (χ0) is 26.5. The van der Waals surface area contributed by atoms with Crippen LogP contribution in [0.3, 0.4) is 0 Å². The summed E-state index contributed by atoms with van der Waals surface area (Å²) in [6, 6.07) is 21.9. The number of carbonyl (C=O) groups is 1. The summed E-state index contributed by atoms with van der Waals surface area (Å²) in [7, 11) is -9.07. The second kappa shape index (κ2) is 11.0. The number of thiophene rings is 1. The molecule has 1 aromatic heterocycles. The molecule has 0 atom stereocenters. The summed E-state index contributed by atoms with van der Waals surface area (Å²) in [5.41, 5.74) is -0.0604. The molecule has 4 rings (SSSR count). The van der Waals surface area contributed by atoms with Crippen LogP contribution in [0.5, 0.6) is 11.5 Å². The van der Waals surface area contributed by atoms with Crippen LogP contribution in [0.4, 0.5) is 5.69 Å². The van der Waals surface area contributed by atoms with Crippen LogP contribution in [0.1, 0.15) is 10.4 Å². The molecule has 0 radical (unpaired) electrons. The van der Waals surface area contributed by atoms with Crippen molar-refractivity contribution in [2.75, 3.05) is 16.9 Å². The molecule has 0 bridgehead atoms. The molecule has 0 aliphatic heterocycles. The van der Waals surface area contributed by atoms with E-state index >= 15 is 0 Å². The summed E-state index contributed by atoms with van der Waals surface area (Å²) in [5.74, 6) is -0.624. The standard InChI is InChI=1S/C25H21NO8S3/c27-25(28)19-12-14-20(15-13-19)33-16-17-34-23-10-5-4-9-22(23)26(37(31,32)24-11-6-18-35-24)36(29,30)21-7-2-1-3-8-21/h1-15,18H,16-17H2,(H,27,28). The zero-order valence-corrected chi connectivity index (χ0v) is 21.6. The third-order valence-electron chi connectivity index (χ3n) is 5.00. The molecule has 0 aliphatic carbocycles. The van der Waals surface area contributed by atoms with Gasteiger partial charge in [0.2, 0.25) is 0 Å². The van der Waals surface area contributed by atoms with Crippen molar-refractivity contribution in [3.8, 4) is 11.5 Å². The van der Waals surface area contributed by atoms with Gasteiger partial charge < -0.3 is 14.6 Å². The fraction of sp³-hybridized carbons (Fsp3) is 0.0800. The second-order valence-corrected chi connectivity index (χ2v) is 12.4. The predicted molar refractivity (Wildman–Crippen MR) is 138 cm³/mol. The lowest BCUT2D eigenvalue weighted by molar-refractivity contribution is 0.0696. The van der Waals surface area contributed by atoms with Gasteiger partial charge in [0.1, 0.15) is 34.6 Å². The Kier molecular flexibility index (Phi) is 7.81. The fourth-order valence-corrected chi connectivity index (χ4v) is 8.23. The highest BCUT2D eigenvalue weighted by Gasteiger charge is 2.39. The number of benzene rings is 3. The first-order valence-corrected chi connectivity index (χ1v) is 14.5. The van der Waals surface area contributed by atoms with Crippen molar-refractivity contribution in [2.45, 2.75) is 9.10 Å². The minimum absolute atomic E-state index is 0.0203. The van der Waals surface area contributed by atoms with Crippen LogP contribution in [0.15, 0.2) is 105 Å². The maximum atomic E-state index is 13.6. The number of sulfonamides is 2. The first kappa shape index (κ1) is 26.2. The molecule has 3 aromatic carbocycles. The molecule has 0 unspecified atom stereocenters. The van der Waals surface area contributed by atoms with Crippen LogP contribution in [0.25, 0.3) is 0 Å². The molecule has 0 spiro atoms. The predicted octanol–water partition coefficient (Wildman–Crippen LogP) is 4.49. The number of carboxylic acid groups (broad SMARTS) is 1. The Labute approximate surface area is 218 Å². The van der Waals surface area contributed by atoms with E-state index in [0.29, 0.717) is 9.46 Å². The number of hydrogen-bond acceptors (Lipinski definition) is 8. The third-order valence-corrected chi connectivity index (χ3v) is 10.5. The van der Waals surface area contributed by atoms with Crippen molar-refractivity contribution in [3.05, 3.63) is 102 Å². The monoisotopic (exact) mass is 559 g/mol. The summed E-state index contributed by atoms with van der Waals surface area (Å²) >= 11 is 0.900. The van der Waals surface area contributed by atoms with E-state index in [1.54, 1.807) is 17.5 Å². The maximum Gasteiger partial charge on any atom is 0.335 e. The number of aromatic carboxylic acids is 1. The van der Waals surface area contributed by atoms with Gasteiger partial charge in [0, 0.05) is 0 Å². The minimum Gasteiger partial charge on any atom is -0.490 e. The van der Waals surface area contributed by atoms with E-state index in [1.165, 1.54) is 78.9 Å². The lowest BCUT2D eigenvalue weighted by Gasteiger charge is -2.25. The SMILES string of the molecule is O=C(O)c1ccc(OCCOc2ccccc2N(S(=O)(=O)c2ccccc2)S(=O)(=O)c2cccs2)cc1.